The molecule has 0 aliphatic carbocycles. The topological polar surface area (TPSA) is 80.7 Å². The van der Waals surface area contributed by atoms with Crippen LogP contribution in [-0.4, -0.2) is 21.0 Å². The quantitative estimate of drug-likeness (QED) is 0.296. The summed E-state index contributed by atoms with van der Waals surface area (Å²) in [6, 6.07) is 0. The van der Waals surface area contributed by atoms with Crippen LogP contribution < -0.4 is 0 Å². The molecule has 1 atom stereocenters. The summed E-state index contributed by atoms with van der Waals surface area (Å²) < 4.78 is 20.6. The van der Waals surface area contributed by atoms with E-state index in [0.717, 1.165) is 0 Å². The van der Waals surface area contributed by atoms with Gasteiger partial charge in [-0.05, 0) is 0 Å². The maximum atomic E-state index is 9.68. The molecule has 0 saturated heterocycles. The molecule has 0 amide bonds. The van der Waals surface area contributed by atoms with E-state index >= 15 is 0 Å². The van der Waals surface area contributed by atoms with Crippen molar-refractivity contribution >= 4 is 23.6 Å². The van der Waals surface area contributed by atoms with E-state index in [1.807, 2.05) is 0 Å². The molecule has 1 unspecified atom stereocenters. The first-order valence-electron chi connectivity index (χ1n) is 1.45. The van der Waals surface area contributed by atoms with Crippen LogP contribution in [0.25, 0.3) is 0 Å². The van der Waals surface area contributed by atoms with Crippen molar-refractivity contribution in [3.63, 3.8) is 0 Å². The lowest BCUT2D eigenvalue weighted by molar-refractivity contribution is -0.141. The van der Waals surface area contributed by atoms with Crippen LogP contribution in [-0.2, 0) is 25.1 Å². The molecule has 5 nitrogen and oxygen atoms in total. The molecular weight excluding hydrogens is 136 g/mol. The highest BCUT2D eigenvalue weighted by molar-refractivity contribution is 7.74. The maximum Gasteiger partial charge on any atom is 0.386 e. The summed E-state index contributed by atoms with van der Waals surface area (Å²) in [7, 11) is 0. The average Bonchev–Trinajstić information content (AvgIpc) is 1.65. The molecule has 0 radical (unpaired) electrons. The van der Waals surface area contributed by atoms with Gasteiger partial charge < -0.3 is 4.18 Å². The fraction of sp³-hybridized carbons (Fsp3) is 0. The van der Waals surface area contributed by atoms with E-state index in [0.29, 0.717) is 0 Å². The SMILES string of the molecule is O=CC(=O)OS(=O)O. The molecule has 0 fully saturated rings. The zero-order valence-corrected chi connectivity index (χ0v) is 4.38. The second kappa shape index (κ2) is 3.28. The van der Waals surface area contributed by atoms with E-state index < -0.39 is 17.3 Å². The summed E-state index contributed by atoms with van der Waals surface area (Å²) in [6.07, 6.45) is -0.200. The molecule has 0 heterocycles. The number of hydrogen-bond acceptors (Lipinski definition) is 4. The number of carbonyl (C=O) groups excluding carboxylic acids is 2. The Labute approximate surface area is 47.1 Å². The van der Waals surface area contributed by atoms with Gasteiger partial charge in [-0.3, -0.25) is 9.35 Å². The molecule has 0 aromatic carbocycles. The van der Waals surface area contributed by atoms with E-state index in [1.165, 1.54) is 0 Å². The van der Waals surface area contributed by atoms with E-state index in [4.69, 9.17) is 4.55 Å². The molecule has 0 saturated carbocycles. The summed E-state index contributed by atoms with van der Waals surface area (Å²) >= 11 is -2.68. The summed E-state index contributed by atoms with van der Waals surface area (Å²) in [5.41, 5.74) is 0. The van der Waals surface area contributed by atoms with Crippen LogP contribution in [0.1, 0.15) is 0 Å². The van der Waals surface area contributed by atoms with Crippen LogP contribution >= 0.6 is 0 Å². The van der Waals surface area contributed by atoms with Gasteiger partial charge in [-0.25, -0.2) is 4.79 Å². The van der Waals surface area contributed by atoms with Crippen LogP contribution in [0, 0.1) is 0 Å². The Morgan fingerprint density at radius 1 is 1.75 bits per heavy atom. The smallest absolute Gasteiger partial charge is 0.337 e. The van der Waals surface area contributed by atoms with Gasteiger partial charge in [-0.1, -0.05) is 0 Å². The van der Waals surface area contributed by atoms with Crippen molar-refractivity contribution in [2.75, 3.05) is 0 Å². The highest BCUT2D eigenvalue weighted by Gasteiger charge is 2.01. The minimum absolute atomic E-state index is 0.200. The lowest BCUT2D eigenvalue weighted by Crippen LogP contribution is -2.06. The van der Waals surface area contributed by atoms with E-state index in [9.17, 15) is 13.8 Å². The van der Waals surface area contributed by atoms with Gasteiger partial charge in [0.25, 0.3) is 0 Å². The molecule has 46 valence electrons. The fourth-order valence-electron chi connectivity index (χ4n) is 0.0899. The fourth-order valence-corrected chi connectivity index (χ4v) is 0.270. The van der Waals surface area contributed by atoms with Gasteiger partial charge in [0.1, 0.15) is 0 Å². The number of aldehydes is 1. The Hall–Kier alpha value is -0.750. The van der Waals surface area contributed by atoms with Gasteiger partial charge >= 0.3 is 17.3 Å². The number of hydrogen-bond donors (Lipinski definition) is 1. The Morgan fingerprint density at radius 2 is 2.25 bits per heavy atom. The normalized spacial score (nSPS) is 12.1. The van der Waals surface area contributed by atoms with Crippen LogP contribution in [0.15, 0.2) is 0 Å². The van der Waals surface area contributed by atoms with Crippen LogP contribution in [0.4, 0.5) is 0 Å². The average molecular weight is 138 g/mol. The van der Waals surface area contributed by atoms with Crippen LogP contribution in [0.2, 0.25) is 0 Å². The third kappa shape index (κ3) is 3.44. The second-order valence-electron chi connectivity index (χ2n) is 0.737. The minimum Gasteiger partial charge on any atom is -0.337 e. The first-order chi connectivity index (χ1) is 3.66. The highest BCUT2D eigenvalue weighted by Crippen LogP contribution is 1.75. The Kier molecular flexibility index (Phi) is 2.97. The zero-order chi connectivity index (χ0) is 6.57. The Morgan fingerprint density at radius 3 is 2.38 bits per heavy atom. The van der Waals surface area contributed by atoms with Crippen molar-refractivity contribution < 1.29 is 22.5 Å². The van der Waals surface area contributed by atoms with Gasteiger partial charge in [0, 0.05) is 0 Å². The van der Waals surface area contributed by atoms with E-state index in [1.54, 1.807) is 0 Å². The van der Waals surface area contributed by atoms with Crippen molar-refractivity contribution in [3.8, 4) is 0 Å². The number of rotatable bonds is 2. The molecule has 0 spiro atoms. The molecule has 0 rings (SSSR count). The summed E-state index contributed by atoms with van der Waals surface area (Å²) in [6.45, 7) is 0. The van der Waals surface area contributed by atoms with Gasteiger partial charge in [0.05, 0.1) is 0 Å². The first kappa shape index (κ1) is 7.25. The third-order valence-corrected chi connectivity index (χ3v) is 0.556. The van der Waals surface area contributed by atoms with E-state index in [2.05, 4.69) is 4.18 Å². The molecule has 1 N–H and O–H groups in total. The van der Waals surface area contributed by atoms with Crippen molar-refractivity contribution in [2.45, 2.75) is 0 Å². The summed E-state index contributed by atoms with van der Waals surface area (Å²) in [5, 5.41) is 0. The first-order valence-corrected chi connectivity index (χ1v) is 2.48. The van der Waals surface area contributed by atoms with Crippen molar-refractivity contribution in [3.05, 3.63) is 0 Å². The predicted octanol–water partition coefficient (Wildman–Crippen LogP) is -1.13. The van der Waals surface area contributed by atoms with Crippen LogP contribution in [0.3, 0.4) is 0 Å². The van der Waals surface area contributed by atoms with Gasteiger partial charge in [0.15, 0.2) is 0 Å². The molecule has 0 aromatic rings. The lowest BCUT2D eigenvalue weighted by atomic mass is 10.8. The third-order valence-electron chi connectivity index (χ3n) is 0.250. The minimum atomic E-state index is -2.68. The maximum absolute atomic E-state index is 9.68. The highest BCUT2D eigenvalue weighted by atomic mass is 32.2. The Bertz CT molecular complexity index is 128. The molecule has 6 heteroatoms. The molecular formula is C2H2O5S. The largest absolute Gasteiger partial charge is 0.386 e. The molecule has 8 heavy (non-hydrogen) atoms. The lowest BCUT2D eigenvalue weighted by Gasteiger charge is -1.85. The van der Waals surface area contributed by atoms with Gasteiger partial charge in [-0.15, -0.1) is 0 Å². The standard InChI is InChI=1S/C2H2O5S/c3-1-2(4)7-8(5)6/h1H,(H,5,6). The molecule has 0 aliphatic heterocycles. The van der Waals surface area contributed by atoms with Crippen LogP contribution in [0.5, 0.6) is 0 Å². The van der Waals surface area contributed by atoms with Crippen molar-refractivity contribution in [1.82, 2.24) is 0 Å². The molecule has 0 bridgehead atoms. The van der Waals surface area contributed by atoms with E-state index in [-0.39, 0.29) is 6.29 Å². The van der Waals surface area contributed by atoms with Crippen molar-refractivity contribution in [2.24, 2.45) is 0 Å². The Balaban J connectivity index is 3.55. The predicted molar refractivity (Wildman–Crippen MR) is 22.9 cm³/mol. The van der Waals surface area contributed by atoms with Gasteiger partial charge in [-0.2, -0.15) is 4.21 Å². The summed E-state index contributed by atoms with van der Waals surface area (Å²) in [4.78, 5) is 19.0. The monoisotopic (exact) mass is 138 g/mol. The zero-order valence-electron chi connectivity index (χ0n) is 3.57. The van der Waals surface area contributed by atoms with Gasteiger partial charge in [0.2, 0.25) is 6.29 Å². The summed E-state index contributed by atoms with van der Waals surface area (Å²) in [5.74, 6) is -1.36. The molecule has 0 aliphatic rings. The second-order valence-corrected chi connectivity index (χ2v) is 1.34. The number of carbonyl (C=O) groups is 2. The van der Waals surface area contributed by atoms with Crippen molar-refractivity contribution in [1.29, 1.82) is 0 Å². The molecule has 0 aromatic heterocycles.